The smallest absolute Gasteiger partial charge is 0.321 e. The second-order valence-corrected chi connectivity index (χ2v) is 9.59. The molecular weight excluding hydrogens is 515 g/mol. The Labute approximate surface area is 231 Å². The van der Waals surface area contributed by atoms with Gasteiger partial charge in [-0.2, -0.15) is 0 Å². The van der Waals surface area contributed by atoms with Gasteiger partial charge in [-0.25, -0.2) is 4.39 Å². The van der Waals surface area contributed by atoms with E-state index in [4.69, 9.17) is 18.9 Å². The number of halogens is 1. The molecule has 3 aromatic carbocycles. The summed E-state index contributed by atoms with van der Waals surface area (Å²) < 4.78 is 37.5. The molecule has 1 heterocycles. The van der Waals surface area contributed by atoms with Crippen molar-refractivity contribution in [2.45, 2.75) is 32.3 Å². The minimum atomic E-state index is -1.25. The van der Waals surface area contributed by atoms with Gasteiger partial charge in [0, 0.05) is 29.4 Å². The van der Waals surface area contributed by atoms with Crippen molar-refractivity contribution < 1.29 is 32.9 Å². The average molecular weight is 545 g/mol. The first-order chi connectivity index (χ1) is 19.4. The number of carbonyl (C=O) groups is 2. The Kier molecular flexibility index (Phi) is 7.82. The Bertz CT molecular complexity index is 1540. The van der Waals surface area contributed by atoms with Gasteiger partial charge in [-0.1, -0.05) is 43.2 Å². The van der Waals surface area contributed by atoms with Gasteiger partial charge in [-0.15, -0.1) is 0 Å². The molecule has 1 aliphatic rings. The SMILES string of the molecule is COC(=O)C1(C(=O)Nc2ccc(Oc3ccnc4cc(OCc5ccccc5)c(OC)cc34)c(F)c2)CCCC1. The van der Waals surface area contributed by atoms with Crippen LogP contribution >= 0.6 is 0 Å². The molecule has 8 nitrogen and oxygen atoms in total. The molecule has 0 aliphatic heterocycles. The van der Waals surface area contributed by atoms with Crippen molar-refractivity contribution in [3.05, 3.63) is 84.3 Å². The fourth-order valence-corrected chi connectivity index (χ4v) is 4.95. The van der Waals surface area contributed by atoms with E-state index in [1.807, 2.05) is 30.3 Å². The van der Waals surface area contributed by atoms with E-state index in [0.717, 1.165) is 24.5 Å². The maximum atomic E-state index is 15.1. The Balaban J connectivity index is 1.35. The maximum Gasteiger partial charge on any atom is 0.321 e. The van der Waals surface area contributed by atoms with Crippen LogP contribution in [0.15, 0.2) is 72.9 Å². The van der Waals surface area contributed by atoms with Gasteiger partial charge in [-0.05, 0) is 42.7 Å². The Morgan fingerprint density at radius 2 is 1.70 bits per heavy atom. The summed E-state index contributed by atoms with van der Waals surface area (Å²) in [6, 6.07) is 19.0. The largest absolute Gasteiger partial charge is 0.493 e. The third-order valence-corrected chi connectivity index (χ3v) is 7.10. The lowest BCUT2D eigenvalue weighted by Crippen LogP contribution is -2.41. The first-order valence-electron chi connectivity index (χ1n) is 12.9. The number of nitrogens with one attached hydrogen (secondary N) is 1. The van der Waals surface area contributed by atoms with E-state index in [-0.39, 0.29) is 11.4 Å². The zero-order chi connectivity index (χ0) is 28.1. The van der Waals surface area contributed by atoms with Crippen LogP contribution in [0.3, 0.4) is 0 Å². The summed E-state index contributed by atoms with van der Waals surface area (Å²) in [7, 11) is 2.80. The van der Waals surface area contributed by atoms with Gasteiger partial charge in [0.25, 0.3) is 0 Å². The molecule has 0 saturated heterocycles. The average Bonchev–Trinajstić information content (AvgIpc) is 3.49. The minimum Gasteiger partial charge on any atom is -0.493 e. The van der Waals surface area contributed by atoms with Crippen LogP contribution in [-0.4, -0.2) is 31.1 Å². The summed E-state index contributed by atoms with van der Waals surface area (Å²) in [5.41, 5.74) is 0.550. The van der Waals surface area contributed by atoms with E-state index in [1.54, 1.807) is 24.4 Å². The highest BCUT2D eigenvalue weighted by Crippen LogP contribution is 2.41. The molecule has 4 aromatic rings. The van der Waals surface area contributed by atoms with Crippen molar-refractivity contribution in [2.75, 3.05) is 19.5 Å². The highest BCUT2D eigenvalue weighted by atomic mass is 19.1. The molecule has 1 N–H and O–H groups in total. The number of amides is 1. The Morgan fingerprint density at radius 3 is 2.40 bits per heavy atom. The summed E-state index contributed by atoms with van der Waals surface area (Å²) in [5.74, 6) is -0.440. The number of nitrogens with zero attached hydrogens (tertiary/aromatic N) is 1. The van der Waals surface area contributed by atoms with Gasteiger partial charge >= 0.3 is 5.97 Å². The number of aromatic nitrogens is 1. The van der Waals surface area contributed by atoms with E-state index < -0.39 is 23.1 Å². The molecule has 0 radical (unpaired) electrons. The van der Waals surface area contributed by atoms with Crippen LogP contribution in [0.5, 0.6) is 23.0 Å². The number of hydrogen-bond donors (Lipinski definition) is 1. The normalized spacial score (nSPS) is 14.0. The molecule has 40 heavy (non-hydrogen) atoms. The molecule has 1 aliphatic carbocycles. The summed E-state index contributed by atoms with van der Waals surface area (Å²) >= 11 is 0. The van der Waals surface area contributed by atoms with Crippen LogP contribution in [0, 0.1) is 11.2 Å². The molecule has 1 aromatic heterocycles. The van der Waals surface area contributed by atoms with Gasteiger partial charge in [0.05, 0.1) is 19.7 Å². The summed E-state index contributed by atoms with van der Waals surface area (Å²) in [6.45, 7) is 0.355. The molecule has 9 heteroatoms. The first-order valence-corrected chi connectivity index (χ1v) is 12.9. The molecule has 5 rings (SSSR count). The number of esters is 1. The van der Waals surface area contributed by atoms with Crippen LogP contribution in [0.25, 0.3) is 10.9 Å². The minimum absolute atomic E-state index is 0.0441. The molecule has 0 spiro atoms. The number of pyridine rings is 1. The second-order valence-electron chi connectivity index (χ2n) is 9.59. The predicted octanol–water partition coefficient (Wildman–Crippen LogP) is 6.43. The third-order valence-electron chi connectivity index (χ3n) is 7.10. The molecule has 0 atom stereocenters. The number of anilines is 1. The summed E-state index contributed by atoms with van der Waals surface area (Å²) in [4.78, 5) is 29.8. The monoisotopic (exact) mass is 544 g/mol. The van der Waals surface area contributed by atoms with E-state index in [9.17, 15) is 9.59 Å². The van der Waals surface area contributed by atoms with Gasteiger partial charge < -0.3 is 24.3 Å². The van der Waals surface area contributed by atoms with Crippen molar-refractivity contribution in [2.24, 2.45) is 5.41 Å². The third kappa shape index (κ3) is 5.40. The fraction of sp³-hybridized carbons (Fsp3) is 0.258. The Morgan fingerprint density at radius 1 is 0.925 bits per heavy atom. The van der Waals surface area contributed by atoms with E-state index >= 15 is 4.39 Å². The zero-order valence-electron chi connectivity index (χ0n) is 22.2. The molecule has 1 saturated carbocycles. The molecule has 1 amide bonds. The van der Waals surface area contributed by atoms with Crippen molar-refractivity contribution in [1.82, 2.24) is 4.98 Å². The molecule has 206 valence electrons. The lowest BCUT2D eigenvalue weighted by molar-refractivity contribution is -0.156. The zero-order valence-corrected chi connectivity index (χ0v) is 22.2. The van der Waals surface area contributed by atoms with Gasteiger partial charge in [-0.3, -0.25) is 14.6 Å². The van der Waals surface area contributed by atoms with Crippen LogP contribution in [0.4, 0.5) is 10.1 Å². The number of ether oxygens (including phenoxy) is 4. The van der Waals surface area contributed by atoms with Crippen molar-refractivity contribution in [3.8, 4) is 23.0 Å². The van der Waals surface area contributed by atoms with Crippen LogP contribution in [0.2, 0.25) is 0 Å². The molecular formula is C31H29FN2O6. The molecule has 0 bridgehead atoms. The van der Waals surface area contributed by atoms with Crippen LogP contribution < -0.4 is 19.5 Å². The number of benzene rings is 3. The van der Waals surface area contributed by atoms with Gasteiger partial charge in [0.1, 0.15) is 17.8 Å². The summed E-state index contributed by atoms with van der Waals surface area (Å²) in [5, 5.41) is 3.27. The van der Waals surface area contributed by atoms with Gasteiger partial charge in [0.2, 0.25) is 5.91 Å². The van der Waals surface area contributed by atoms with E-state index in [1.165, 1.54) is 26.4 Å². The fourth-order valence-electron chi connectivity index (χ4n) is 4.95. The lowest BCUT2D eigenvalue weighted by atomic mass is 9.85. The number of carbonyl (C=O) groups excluding carboxylic acids is 2. The highest BCUT2D eigenvalue weighted by Gasteiger charge is 2.49. The number of fused-ring (bicyclic) bond motifs is 1. The lowest BCUT2D eigenvalue weighted by Gasteiger charge is -2.24. The highest BCUT2D eigenvalue weighted by molar-refractivity contribution is 6.09. The van der Waals surface area contributed by atoms with E-state index in [0.29, 0.717) is 47.6 Å². The standard InChI is InChI=1S/C31H29FN2O6/c1-37-27-17-22-24(18-28(27)39-19-20-8-4-3-5-9-20)33-15-12-25(22)40-26-11-10-21(16-23(26)32)34-29(35)31(30(36)38-2)13-6-7-14-31/h3-5,8-12,15-18H,6-7,13-14,19H2,1-2H3,(H,34,35). The number of hydrogen-bond acceptors (Lipinski definition) is 7. The maximum absolute atomic E-state index is 15.1. The van der Waals surface area contributed by atoms with Crippen LogP contribution in [-0.2, 0) is 20.9 Å². The van der Waals surface area contributed by atoms with E-state index in [2.05, 4.69) is 10.3 Å². The van der Waals surface area contributed by atoms with Gasteiger partial charge in [0.15, 0.2) is 23.1 Å². The number of rotatable bonds is 9. The summed E-state index contributed by atoms with van der Waals surface area (Å²) in [6.07, 6.45) is 3.84. The van der Waals surface area contributed by atoms with Crippen molar-refractivity contribution in [3.63, 3.8) is 0 Å². The van der Waals surface area contributed by atoms with Crippen molar-refractivity contribution >= 4 is 28.5 Å². The molecule has 0 unspecified atom stereocenters. The Hall–Kier alpha value is -4.66. The first kappa shape index (κ1) is 26.9. The predicted molar refractivity (Wildman–Crippen MR) is 147 cm³/mol. The van der Waals surface area contributed by atoms with Crippen LogP contribution in [0.1, 0.15) is 31.2 Å². The quantitative estimate of drug-likeness (QED) is 0.192. The number of methoxy groups -OCH3 is 2. The second kappa shape index (κ2) is 11.6. The molecule has 1 fully saturated rings. The topological polar surface area (TPSA) is 96.0 Å². The van der Waals surface area contributed by atoms with Crippen molar-refractivity contribution in [1.29, 1.82) is 0 Å².